The summed E-state index contributed by atoms with van der Waals surface area (Å²) in [4.78, 5) is 12.6. The summed E-state index contributed by atoms with van der Waals surface area (Å²) in [6.45, 7) is 2.81. The van der Waals surface area contributed by atoms with Gasteiger partial charge in [0.2, 0.25) is 5.88 Å². The fraction of sp³-hybridized carbons (Fsp3) is 0.214. The van der Waals surface area contributed by atoms with Gasteiger partial charge in [0.05, 0.1) is 23.1 Å². The van der Waals surface area contributed by atoms with Crippen molar-refractivity contribution in [3.63, 3.8) is 0 Å². The molecule has 3 aromatic carbocycles. The molecule has 1 unspecified atom stereocenters. The molecule has 0 radical (unpaired) electrons. The Bertz CT molecular complexity index is 1350. The number of nitrogens with two attached hydrogens (primary N) is 1. The third-order valence-corrected chi connectivity index (χ3v) is 6.33. The molecule has 8 heteroatoms. The van der Waals surface area contributed by atoms with E-state index in [-0.39, 0.29) is 22.2 Å². The average Bonchev–Trinajstić information content (AvgIpc) is 2.86. The Morgan fingerprint density at radius 3 is 2.50 bits per heavy atom. The van der Waals surface area contributed by atoms with Crippen molar-refractivity contribution in [3.05, 3.63) is 98.9 Å². The molecule has 184 valence electrons. The molecule has 6 nitrogen and oxygen atoms in total. The van der Waals surface area contributed by atoms with Gasteiger partial charge in [0.1, 0.15) is 28.9 Å². The van der Waals surface area contributed by atoms with Gasteiger partial charge in [-0.25, -0.2) is 4.79 Å². The topological polar surface area (TPSA) is 94.6 Å². The molecular formula is C28H24Cl2N2O4. The molecule has 0 aromatic heterocycles. The molecule has 3 aromatic rings. The van der Waals surface area contributed by atoms with E-state index in [9.17, 15) is 10.1 Å². The van der Waals surface area contributed by atoms with Crippen LogP contribution >= 0.6 is 23.2 Å². The Kier molecular flexibility index (Phi) is 8.04. The van der Waals surface area contributed by atoms with Gasteiger partial charge in [-0.1, -0.05) is 61.2 Å². The fourth-order valence-corrected chi connectivity index (χ4v) is 4.44. The van der Waals surface area contributed by atoms with Crippen LogP contribution < -0.4 is 19.9 Å². The van der Waals surface area contributed by atoms with E-state index in [1.165, 1.54) is 12.1 Å². The summed E-state index contributed by atoms with van der Waals surface area (Å²) in [5.41, 5.74) is 8.17. The number of allylic oxidation sites excluding steroid dienone is 1. The zero-order valence-electron chi connectivity index (χ0n) is 19.6. The lowest BCUT2D eigenvalue weighted by Crippen LogP contribution is -2.21. The maximum Gasteiger partial charge on any atom is 0.345 e. The van der Waals surface area contributed by atoms with Crippen molar-refractivity contribution in [2.24, 2.45) is 5.73 Å². The van der Waals surface area contributed by atoms with Crippen LogP contribution in [0.15, 0.2) is 72.1 Å². The molecule has 0 bridgehead atoms. The van der Waals surface area contributed by atoms with E-state index >= 15 is 0 Å². The number of carbonyl (C=O) groups excluding carboxylic acids is 1. The molecule has 0 amide bonds. The van der Waals surface area contributed by atoms with E-state index in [1.54, 1.807) is 24.3 Å². The summed E-state index contributed by atoms with van der Waals surface area (Å²) in [6, 6.07) is 19.2. The molecule has 0 saturated heterocycles. The molecule has 36 heavy (non-hydrogen) atoms. The van der Waals surface area contributed by atoms with Crippen molar-refractivity contribution in [1.82, 2.24) is 0 Å². The number of unbranched alkanes of at least 4 members (excludes halogenated alkanes) is 2. The number of benzene rings is 3. The van der Waals surface area contributed by atoms with Gasteiger partial charge in [-0.3, -0.25) is 0 Å². The molecular weight excluding hydrogens is 499 g/mol. The van der Waals surface area contributed by atoms with Gasteiger partial charge in [-0.2, -0.15) is 5.26 Å². The zero-order valence-corrected chi connectivity index (χ0v) is 21.1. The van der Waals surface area contributed by atoms with Crippen molar-refractivity contribution in [2.75, 3.05) is 6.61 Å². The Morgan fingerprint density at radius 1 is 1.06 bits per heavy atom. The van der Waals surface area contributed by atoms with E-state index in [0.29, 0.717) is 23.0 Å². The number of carbonyl (C=O) groups is 1. The standard InChI is InChI=1S/C28H24Cl2N2O4/c1-2-3-4-13-34-19-8-5-17(6-9-19)26-22-12-10-20(15-25(22)36-27(32)23(26)16-31)35-28(33)21-11-7-18(29)14-24(21)30/h5-12,14-15,26H,2-4,13,32H2,1H3. The molecule has 0 aliphatic carbocycles. The van der Waals surface area contributed by atoms with Crippen LogP contribution in [-0.4, -0.2) is 12.6 Å². The lowest BCUT2D eigenvalue weighted by Gasteiger charge is -2.26. The van der Waals surface area contributed by atoms with Crippen LogP contribution in [0.5, 0.6) is 17.2 Å². The van der Waals surface area contributed by atoms with Crippen LogP contribution in [0.3, 0.4) is 0 Å². The van der Waals surface area contributed by atoms with Crippen LogP contribution in [0.1, 0.15) is 53.6 Å². The van der Waals surface area contributed by atoms with Gasteiger partial charge < -0.3 is 19.9 Å². The van der Waals surface area contributed by atoms with Crippen LogP contribution in [0.2, 0.25) is 10.0 Å². The Hall–Kier alpha value is -3.66. The molecule has 0 saturated carbocycles. The zero-order chi connectivity index (χ0) is 25.7. The maximum atomic E-state index is 12.6. The number of hydrogen-bond acceptors (Lipinski definition) is 6. The number of ether oxygens (including phenoxy) is 3. The molecule has 4 rings (SSSR count). The number of hydrogen-bond donors (Lipinski definition) is 1. The second-order valence-electron chi connectivity index (χ2n) is 8.26. The number of nitriles is 1. The SMILES string of the molecule is CCCCCOc1ccc(C2C(C#N)=C(N)Oc3cc(OC(=O)c4ccc(Cl)cc4Cl)ccc32)cc1. The second kappa shape index (κ2) is 11.4. The summed E-state index contributed by atoms with van der Waals surface area (Å²) in [7, 11) is 0. The smallest absolute Gasteiger partial charge is 0.345 e. The van der Waals surface area contributed by atoms with Crippen molar-refractivity contribution in [3.8, 4) is 23.3 Å². The van der Waals surface area contributed by atoms with Gasteiger partial charge in [-0.05, 0) is 48.4 Å². The summed E-state index contributed by atoms with van der Waals surface area (Å²) in [5.74, 6) is 0.319. The van der Waals surface area contributed by atoms with Crippen LogP contribution in [0.25, 0.3) is 0 Å². The van der Waals surface area contributed by atoms with E-state index in [4.69, 9.17) is 43.1 Å². The Balaban J connectivity index is 1.58. The minimum Gasteiger partial charge on any atom is -0.494 e. The predicted molar refractivity (Wildman–Crippen MR) is 139 cm³/mol. The Morgan fingerprint density at radius 2 is 1.81 bits per heavy atom. The van der Waals surface area contributed by atoms with Crippen LogP contribution in [-0.2, 0) is 0 Å². The van der Waals surface area contributed by atoms with Gasteiger partial charge in [0.25, 0.3) is 0 Å². The summed E-state index contributed by atoms with van der Waals surface area (Å²) in [5, 5.41) is 10.4. The van der Waals surface area contributed by atoms with Gasteiger partial charge in [0, 0.05) is 16.7 Å². The molecule has 1 atom stereocenters. The van der Waals surface area contributed by atoms with E-state index in [1.807, 2.05) is 24.3 Å². The normalized spacial score (nSPS) is 14.4. The largest absolute Gasteiger partial charge is 0.494 e. The second-order valence-corrected chi connectivity index (χ2v) is 9.11. The maximum absolute atomic E-state index is 12.6. The predicted octanol–water partition coefficient (Wildman–Crippen LogP) is 7.00. The molecule has 1 aliphatic heterocycles. The van der Waals surface area contributed by atoms with Crippen molar-refractivity contribution < 1.29 is 19.0 Å². The number of halogens is 2. The first-order chi connectivity index (χ1) is 17.4. The van der Waals surface area contributed by atoms with Gasteiger partial charge in [-0.15, -0.1) is 0 Å². The van der Waals surface area contributed by atoms with E-state index < -0.39 is 11.9 Å². The number of nitrogens with zero attached hydrogens (tertiary/aromatic N) is 1. The molecule has 0 fully saturated rings. The highest BCUT2D eigenvalue weighted by Gasteiger charge is 2.31. The lowest BCUT2D eigenvalue weighted by atomic mass is 9.83. The highest BCUT2D eigenvalue weighted by Crippen LogP contribution is 2.43. The quantitative estimate of drug-likeness (QED) is 0.194. The third-order valence-electron chi connectivity index (χ3n) is 5.78. The number of fused-ring (bicyclic) bond motifs is 1. The fourth-order valence-electron chi connectivity index (χ4n) is 3.96. The molecule has 1 heterocycles. The first kappa shape index (κ1) is 25.4. The van der Waals surface area contributed by atoms with E-state index in [0.717, 1.165) is 36.1 Å². The lowest BCUT2D eigenvalue weighted by molar-refractivity contribution is 0.0734. The van der Waals surface area contributed by atoms with Crippen molar-refractivity contribution >= 4 is 29.2 Å². The van der Waals surface area contributed by atoms with Crippen molar-refractivity contribution in [1.29, 1.82) is 5.26 Å². The molecule has 1 aliphatic rings. The number of esters is 1. The summed E-state index contributed by atoms with van der Waals surface area (Å²) >= 11 is 12.0. The molecule has 2 N–H and O–H groups in total. The van der Waals surface area contributed by atoms with Crippen LogP contribution in [0.4, 0.5) is 0 Å². The monoisotopic (exact) mass is 522 g/mol. The first-order valence-electron chi connectivity index (χ1n) is 11.5. The highest BCUT2D eigenvalue weighted by atomic mass is 35.5. The van der Waals surface area contributed by atoms with Gasteiger partial charge in [0.15, 0.2) is 0 Å². The van der Waals surface area contributed by atoms with E-state index in [2.05, 4.69) is 13.0 Å². The molecule has 0 spiro atoms. The number of rotatable bonds is 8. The summed E-state index contributed by atoms with van der Waals surface area (Å²) in [6.07, 6.45) is 3.25. The minimum atomic E-state index is -0.639. The minimum absolute atomic E-state index is 0.000820. The van der Waals surface area contributed by atoms with Gasteiger partial charge >= 0.3 is 5.97 Å². The third kappa shape index (κ3) is 5.59. The van der Waals surface area contributed by atoms with Crippen molar-refractivity contribution in [2.45, 2.75) is 32.1 Å². The first-order valence-corrected chi connectivity index (χ1v) is 12.3. The average molecular weight is 523 g/mol. The summed E-state index contributed by atoms with van der Waals surface area (Å²) < 4.78 is 17.0. The Labute approximate surface area is 219 Å². The van der Waals surface area contributed by atoms with Crippen LogP contribution in [0, 0.1) is 11.3 Å². The highest BCUT2D eigenvalue weighted by molar-refractivity contribution is 6.36.